The van der Waals surface area contributed by atoms with Crippen LogP contribution in [0.4, 0.5) is 0 Å². The van der Waals surface area contributed by atoms with Gasteiger partial charge in [-0.15, -0.1) is 0 Å². The van der Waals surface area contributed by atoms with Gasteiger partial charge in [0.15, 0.2) is 9.84 Å². The van der Waals surface area contributed by atoms with Crippen molar-refractivity contribution in [3.8, 4) is 11.5 Å². The number of thiophene rings is 1. The number of benzene rings is 2. The molecule has 0 bridgehead atoms. The molecule has 0 saturated carbocycles. The molecule has 1 fully saturated rings. The zero-order valence-corrected chi connectivity index (χ0v) is 20.9. The van der Waals surface area contributed by atoms with Gasteiger partial charge in [-0.3, -0.25) is 14.8 Å². The second-order valence-electron chi connectivity index (χ2n) is 8.16. The molecule has 1 atom stereocenters. The molecule has 1 aliphatic rings. The van der Waals surface area contributed by atoms with Gasteiger partial charge in [-0.2, -0.15) is 11.3 Å². The van der Waals surface area contributed by atoms with Crippen LogP contribution >= 0.6 is 22.9 Å². The Kier molecular flexibility index (Phi) is 7.46. The van der Waals surface area contributed by atoms with E-state index in [-0.39, 0.29) is 31.2 Å². The van der Waals surface area contributed by atoms with Crippen molar-refractivity contribution in [1.82, 2.24) is 10.4 Å². The van der Waals surface area contributed by atoms with Crippen LogP contribution < -0.4 is 10.2 Å². The number of carbonyl (C=O) groups is 2. The van der Waals surface area contributed by atoms with Crippen LogP contribution in [-0.2, 0) is 19.4 Å². The van der Waals surface area contributed by atoms with Crippen LogP contribution in [0, 0.1) is 0 Å². The van der Waals surface area contributed by atoms with Gasteiger partial charge in [0.25, 0.3) is 5.91 Å². The number of nitrogens with one attached hydrogen (secondary N) is 1. The SMILES string of the molecule is O=C(C[C@]1(c2ccc(Oc3ccc(Cl)cc3)cc2)CCN(C(=O)c2ccsc2)CCS1(=O)=O)NO. The Bertz CT molecular complexity index is 1290. The highest BCUT2D eigenvalue weighted by Crippen LogP contribution is 2.41. The Morgan fingerprint density at radius 1 is 1.06 bits per heavy atom. The van der Waals surface area contributed by atoms with Gasteiger partial charge in [-0.25, -0.2) is 13.9 Å². The van der Waals surface area contributed by atoms with E-state index in [1.54, 1.807) is 70.8 Å². The molecule has 1 aliphatic heterocycles. The highest BCUT2D eigenvalue weighted by molar-refractivity contribution is 7.92. The van der Waals surface area contributed by atoms with Crippen LogP contribution in [-0.4, -0.2) is 49.2 Å². The first-order chi connectivity index (χ1) is 16.7. The van der Waals surface area contributed by atoms with Crippen molar-refractivity contribution >= 4 is 44.6 Å². The lowest BCUT2D eigenvalue weighted by atomic mass is 9.90. The second kappa shape index (κ2) is 10.4. The average molecular weight is 535 g/mol. The van der Waals surface area contributed by atoms with E-state index in [1.165, 1.54) is 16.2 Å². The topological polar surface area (TPSA) is 113 Å². The lowest BCUT2D eigenvalue weighted by Gasteiger charge is -2.32. The maximum Gasteiger partial charge on any atom is 0.254 e. The van der Waals surface area contributed by atoms with Crippen molar-refractivity contribution in [2.45, 2.75) is 17.6 Å². The first-order valence-corrected chi connectivity index (χ1v) is 13.7. The van der Waals surface area contributed by atoms with Crippen LogP contribution in [0.2, 0.25) is 5.02 Å². The molecule has 2 N–H and O–H groups in total. The van der Waals surface area contributed by atoms with E-state index in [4.69, 9.17) is 16.3 Å². The third-order valence-electron chi connectivity index (χ3n) is 6.07. The summed E-state index contributed by atoms with van der Waals surface area (Å²) >= 11 is 7.28. The number of carbonyl (C=O) groups excluding carboxylic acids is 2. The van der Waals surface area contributed by atoms with E-state index >= 15 is 0 Å². The third-order valence-corrected chi connectivity index (χ3v) is 9.50. The highest BCUT2D eigenvalue weighted by atomic mass is 35.5. The second-order valence-corrected chi connectivity index (χ2v) is 11.8. The first-order valence-electron chi connectivity index (χ1n) is 10.7. The van der Waals surface area contributed by atoms with E-state index < -0.39 is 26.9 Å². The van der Waals surface area contributed by atoms with Crippen molar-refractivity contribution < 1.29 is 28.0 Å². The van der Waals surface area contributed by atoms with Gasteiger partial charge in [0.2, 0.25) is 5.91 Å². The van der Waals surface area contributed by atoms with E-state index in [2.05, 4.69) is 0 Å². The van der Waals surface area contributed by atoms with Crippen LogP contribution in [0.3, 0.4) is 0 Å². The molecule has 1 saturated heterocycles. The van der Waals surface area contributed by atoms with E-state index in [0.29, 0.717) is 27.6 Å². The van der Waals surface area contributed by atoms with Crippen LogP contribution in [0.1, 0.15) is 28.8 Å². The molecule has 0 spiro atoms. The standard InChI is InChI=1S/C24H23ClN2O6S2/c25-19-3-7-21(8-4-19)33-20-5-1-18(2-6-20)24(15-22(28)26-30)10-11-27(12-14-35(24,31)32)23(29)17-9-13-34-16-17/h1-9,13,16,30H,10-12,14-15H2,(H,26,28)/t24-/m0/s1. The minimum Gasteiger partial charge on any atom is -0.457 e. The Balaban J connectivity index is 1.65. The summed E-state index contributed by atoms with van der Waals surface area (Å²) in [6.45, 7) is 0.146. The zero-order valence-electron chi connectivity index (χ0n) is 18.5. The van der Waals surface area contributed by atoms with Crippen molar-refractivity contribution in [2.24, 2.45) is 0 Å². The molecule has 2 amide bonds. The molecule has 0 aliphatic carbocycles. The Labute approximate surface area is 212 Å². The van der Waals surface area contributed by atoms with E-state index in [0.717, 1.165) is 0 Å². The summed E-state index contributed by atoms with van der Waals surface area (Å²) in [4.78, 5) is 26.6. The van der Waals surface area contributed by atoms with Crippen LogP contribution in [0.25, 0.3) is 0 Å². The predicted molar refractivity (Wildman–Crippen MR) is 133 cm³/mol. The monoisotopic (exact) mass is 534 g/mol. The minimum absolute atomic E-state index is 0.00395. The number of nitrogens with zero attached hydrogens (tertiary/aromatic N) is 1. The molecule has 11 heteroatoms. The summed E-state index contributed by atoms with van der Waals surface area (Å²) in [7, 11) is -3.91. The van der Waals surface area contributed by atoms with Crippen molar-refractivity contribution in [1.29, 1.82) is 0 Å². The molecule has 3 aromatic rings. The number of hydroxylamine groups is 1. The van der Waals surface area contributed by atoms with Gasteiger partial charge in [0.1, 0.15) is 16.2 Å². The largest absolute Gasteiger partial charge is 0.457 e. The van der Waals surface area contributed by atoms with Crippen LogP contribution in [0.5, 0.6) is 11.5 Å². The lowest BCUT2D eigenvalue weighted by molar-refractivity contribution is -0.130. The smallest absolute Gasteiger partial charge is 0.254 e. The van der Waals surface area contributed by atoms with Gasteiger partial charge in [0, 0.05) is 23.5 Å². The summed E-state index contributed by atoms with van der Waals surface area (Å²) < 4.78 is 31.4. The van der Waals surface area contributed by atoms with E-state index in [9.17, 15) is 23.2 Å². The minimum atomic E-state index is -3.91. The maximum absolute atomic E-state index is 13.6. The number of amides is 2. The van der Waals surface area contributed by atoms with Gasteiger partial charge in [-0.05, 0) is 59.8 Å². The highest BCUT2D eigenvalue weighted by Gasteiger charge is 2.48. The molecule has 1 aromatic heterocycles. The van der Waals surface area contributed by atoms with Gasteiger partial charge in [0.05, 0.1) is 17.7 Å². The molecular formula is C24H23ClN2O6S2. The van der Waals surface area contributed by atoms with Crippen molar-refractivity contribution in [2.75, 3.05) is 18.8 Å². The predicted octanol–water partition coefficient (Wildman–Crippen LogP) is 4.25. The van der Waals surface area contributed by atoms with Crippen molar-refractivity contribution in [3.05, 3.63) is 81.5 Å². The average Bonchev–Trinajstić information content (AvgIpc) is 3.35. The summed E-state index contributed by atoms with van der Waals surface area (Å²) in [6, 6.07) is 14.9. The number of halogens is 1. The summed E-state index contributed by atoms with van der Waals surface area (Å²) in [6.07, 6.45) is -0.486. The molecule has 0 unspecified atom stereocenters. The third kappa shape index (κ3) is 5.35. The quantitative estimate of drug-likeness (QED) is 0.361. The van der Waals surface area contributed by atoms with Gasteiger partial charge < -0.3 is 9.64 Å². The Morgan fingerprint density at radius 2 is 1.71 bits per heavy atom. The molecule has 8 nitrogen and oxygen atoms in total. The Hall–Kier alpha value is -2.92. The van der Waals surface area contributed by atoms with Gasteiger partial charge in [-0.1, -0.05) is 23.7 Å². The fourth-order valence-electron chi connectivity index (χ4n) is 4.17. The lowest BCUT2D eigenvalue weighted by Crippen LogP contribution is -2.42. The van der Waals surface area contributed by atoms with Crippen molar-refractivity contribution in [3.63, 3.8) is 0 Å². The molecule has 184 valence electrons. The number of sulfone groups is 1. The molecule has 2 aromatic carbocycles. The first kappa shape index (κ1) is 25.2. The summed E-state index contributed by atoms with van der Waals surface area (Å²) in [5.74, 6) is -0.368. The maximum atomic E-state index is 13.6. The number of ether oxygens (including phenoxy) is 1. The normalized spacial score (nSPS) is 19.5. The number of hydrogen-bond acceptors (Lipinski definition) is 7. The molecule has 4 rings (SSSR count). The summed E-state index contributed by atoms with van der Waals surface area (Å²) in [5, 5.41) is 13.2. The molecule has 2 heterocycles. The summed E-state index contributed by atoms with van der Waals surface area (Å²) in [5.41, 5.74) is 2.43. The Morgan fingerprint density at radius 3 is 2.31 bits per heavy atom. The van der Waals surface area contributed by atoms with Gasteiger partial charge >= 0.3 is 0 Å². The van der Waals surface area contributed by atoms with E-state index in [1.807, 2.05) is 0 Å². The fourth-order valence-corrected chi connectivity index (χ4v) is 7.02. The fraction of sp³-hybridized carbons (Fsp3) is 0.250. The van der Waals surface area contributed by atoms with Crippen LogP contribution in [0.15, 0.2) is 65.4 Å². The molecule has 0 radical (unpaired) electrons. The molecular weight excluding hydrogens is 512 g/mol. The number of hydrogen-bond donors (Lipinski definition) is 2. The zero-order chi connectivity index (χ0) is 25.1. The number of rotatable bonds is 6. The molecule has 35 heavy (non-hydrogen) atoms.